The summed E-state index contributed by atoms with van der Waals surface area (Å²) in [7, 11) is 0. The molecule has 0 bridgehead atoms. The highest BCUT2D eigenvalue weighted by atomic mass is 79.9. The third-order valence-corrected chi connectivity index (χ3v) is 4.70. The number of benzene rings is 2. The van der Waals surface area contributed by atoms with Crippen LogP contribution in [0.4, 0.5) is 10.3 Å². The molecule has 2 heterocycles. The van der Waals surface area contributed by atoms with E-state index in [1.54, 1.807) is 10.7 Å². The van der Waals surface area contributed by atoms with E-state index >= 15 is 0 Å². The van der Waals surface area contributed by atoms with E-state index in [9.17, 15) is 4.39 Å². The summed E-state index contributed by atoms with van der Waals surface area (Å²) in [6.07, 6.45) is 2.21. The van der Waals surface area contributed by atoms with Crippen LogP contribution >= 0.6 is 15.9 Å². The molecule has 4 rings (SSSR count). The summed E-state index contributed by atoms with van der Waals surface area (Å²) >= 11 is 3.45. The van der Waals surface area contributed by atoms with Crippen molar-refractivity contribution in [3.05, 3.63) is 76.3 Å². The first-order valence-corrected chi connectivity index (χ1v) is 8.17. The summed E-state index contributed by atoms with van der Waals surface area (Å²) in [6, 6.07) is 14.9. The normalized spacial score (nSPS) is 19.9. The van der Waals surface area contributed by atoms with Crippen molar-refractivity contribution in [3.8, 4) is 0 Å². The van der Waals surface area contributed by atoms with Crippen molar-refractivity contribution < 1.29 is 4.39 Å². The predicted octanol–water partition coefficient (Wildman–Crippen LogP) is 4.33. The van der Waals surface area contributed by atoms with E-state index in [0.29, 0.717) is 17.9 Å². The molecule has 1 aliphatic heterocycles. The topological polar surface area (TPSA) is 42.7 Å². The molecule has 3 aromatic rings. The molecule has 23 heavy (non-hydrogen) atoms. The second-order valence-corrected chi connectivity index (χ2v) is 6.47. The summed E-state index contributed by atoms with van der Waals surface area (Å²) in [5, 5.41) is 7.65. The Bertz CT molecular complexity index is 831. The molecule has 2 atom stereocenters. The molecular weight excluding hydrogens is 359 g/mol. The number of halogens is 2. The molecule has 1 aromatic heterocycles. The number of hydrogen-bond acceptors (Lipinski definition) is 3. The lowest BCUT2D eigenvalue weighted by Gasteiger charge is -2.32. The molecule has 0 saturated heterocycles. The molecule has 0 saturated carbocycles. The number of hydrogen-bond donors (Lipinski definition) is 1. The molecule has 2 aromatic carbocycles. The summed E-state index contributed by atoms with van der Waals surface area (Å²) in [5.41, 5.74) is 1.78. The van der Waals surface area contributed by atoms with E-state index < -0.39 is 0 Å². The largest absolute Gasteiger partial charge is 0.348 e. The zero-order chi connectivity index (χ0) is 15.8. The minimum absolute atomic E-state index is 0.0596. The highest BCUT2D eigenvalue weighted by Gasteiger charge is 2.31. The van der Waals surface area contributed by atoms with E-state index in [1.807, 2.05) is 24.3 Å². The van der Waals surface area contributed by atoms with Crippen LogP contribution in [0.3, 0.4) is 0 Å². The number of aromatic nitrogens is 3. The van der Waals surface area contributed by atoms with Gasteiger partial charge in [-0.25, -0.2) is 9.07 Å². The van der Waals surface area contributed by atoms with Crippen molar-refractivity contribution in [2.24, 2.45) is 0 Å². The van der Waals surface area contributed by atoms with Gasteiger partial charge in [-0.1, -0.05) is 46.3 Å². The van der Waals surface area contributed by atoms with Gasteiger partial charge in [-0.05, 0) is 30.2 Å². The van der Waals surface area contributed by atoms with Gasteiger partial charge in [0.05, 0.1) is 12.1 Å². The highest BCUT2D eigenvalue weighted by molar-refractivity contribution is 9.10. The maximum atomic E-state index is 14.3. The van der Waals surface area contributed by atoms with Crippen LogP contribution in [0.5, 0.6) is 0 Å². The van der Waals surface area contributed by atoms with Gasteiger partial charge in [0, 0.05) is 10.0 Å². The average molecular weight is 373 g/mol. The van der Waals surface area contributed by atoms with E-state index in [2.05, 4.69) is 43.5 Å². The van der Waals surface area contributed by atoms with Gasteiger partial charge < -0.3 is 5.32 Å². The third kappa shape index (κ3) is 2.63. The first-order valence-electron chi connectivity index (χ1n) is 7.38. The van der Waals surface area contributed by atoms with Crippen LogP contribution in [-0.2, 0) is 0 Å². The molecule has 1 N–H and O–H groups in total. The quantitative estimate of drug-likeness (QED) is 0.727. The van der Waals surface area contributed by atoms with Gasteiger partial charge in [0.25, 0.3) is 0 Å². The molecule has 0 radical (unpaired) electrons. The van der Waals surface area contributed by atoms with Gasteiger partial charge in [-0.15, -0.1) is 0 Å². The molecular formula is C17H14BrFN4. The molecule has 0 unspecified atom stereocenters. The fourth-order valence-corrected chi connectivity index (χ4v) is 3.30. The lowest BCUT2D eigenvalue weighted by atomic mass is 9.93. The Kier molecular flexibility index (Phi) is 3.61. The molecule has 116 valence electrons. The molecule has 1 aliphatic rings. The van der Waals surface area contributed by atoms with E-state index in [-0.39, 0.29) is 17.9 Å². The van der Waals surface area contributed by atoms with Crippen LogP contribution in [0.1, 0.15) is 29.6 Å². The van der Waals surface area contributed by atoms with E-state index in [1.165, 1.54) is 12.4 Å². The Balaban J connectivity index is 1.75. The van der Waals surface area contributed by atoms with Crippen LogP contribution in [0.2, 0.25) is 0 Å². The Hall–Kier alpha value is -2.21. The number of anilines is 1. The van der Waals surface area contributed by atoms with Crippen molar-refractivity contribution in [3.63, 3.8) is 0 Å². The number of fused-ring (bicyclic) bond motifs is 1. The monoisotopic (exact) mass is 372 g/mol. The first kappa shape index (κ1) is 14.4. The van der Waals surface area contributed by atoms with Gasteiger partial charge in [-0.2, -0.15) is 10.1 Å². The Morgan fingerprint density at radius 3 is 2.70 bits per heavy atom. The minimum atomic E-state index is -0.213. The fraction of sp³-hybridized carbons (Fsp3) is 0.176. The van der Waals surface area contributed by atoms with Crippen LogP contribution < -0.4 is 5.32 Å². The van der Waals surface area contributed by atoms with Gasteiger partial charge in [0.2, 0.25) is 5.95 Å². The summed E-state index contributed by atoms with van der Waals surface area (Å²) in [4.78, 5) is 4.26. The second-order valence-electron chi connectivity index (χ2n) is 5.55. The molecule has 4 nitrogen and oxygen atoms in total. The summed E-state index contributed by atoms with van der Waals surface area (Å²) in [6.45, 7) is 0. The second kappa shape index (κ2) is 5.77. The van der Waals surface area contributed by atoms with Crippen molar-refractivity contribution in [1.29, 1.82) is 0 Å². The fourth-order valence-electron chi connectivity index (χ4n) is 3.04. The van der Waals surface area contributed by atoms with Gasteiger partial charge in [0.1, 0.15) is 12.1 Å². The molecule has 0 fully saturated rings. The van der Waals surface area contributed by atoms with Crippen LogP contribution in [0.25, 0.3) is 0 Å². The summed E-state index contributed by atoms with van der Waals surface area (Å²) in [5.74, 6) is 0.452. The summed E-state index contributed by atoms with van der Waals surface area (Å²) < 4.78 is 17.1. The Labute approximate surface area is 141 Å². The van der Waals surface area contributed by atoms with E-state index in [0.717, 1.165) is 10.0 Å². The minimum Gasteiger partial charge on any atom is -0.348 e. The highest BCUT2D eigenvalue weighted by Crippen LogP contribution is 2.38. The standard InChI is InChI=1S/C17H14BrFN4/c18-12-7-5-11(6-8-12)15-9-16(13-3-1-2-4-14(13)19)23-17(22-15)20-10-21-23/h1-8,10,15-16H,9H2,(H,20,21,22)/t15-,16+/m1/s1. The smallest absolute Gasteiger partial charge is 0.222 e. The zero-order valence-corrected chi connectivity index (χ0v) is 13.7. The molecule has 0 spiro atoms. The van der Waals surface area contributed by atoms with Crippen molar-refractivity contribution >= 4 is 21.9 Å². The van der Waals surface area contributed by atoms with Crippen molar-refractivity contribution in [2.75, 3.05) is 5.32 Å². The number of rotatable bonds is 2. The predicted molar refractivity (Wildman–Crippen MR) is 89.7 cm³/mol. The van der Waals surface area contributed by atoms with Gasteiger partial charge in [0.15, 0.2) is 0 Å². The zero-order valence-electron chi connectivity index (χ0n) is 12.2. The van der Waals surface area contributed by atoms with Crippen LogP contribution in [-0.4, -0.2) is 14.8 Å². The first-order chi connectivity index (χ1) is 11.2. The number of nitrogens with one attached hydrogen (secondary N) is 1. The molecule has 6 heteroatoms. The van der Waals surface area contributed by atoms with E-state index in [4.69, 9.17) is 0 Å². The third-order valence-electron chi connectivity index (χ3n) is 4.17. The number of nitrogens with zero attached hydrogens (tertiary/aromatic N) is 3. The maximum Gasteiger partial charge on any atom is 0.222 e. The van der Waals surface area contributed by atoms with Crippen LogP contribution in [0.15, 0.2) is 59.3 Å². The molecule has 0 amide bonds. The Morgan fingerprint density at radius 2 is 1.91 bits per heavy atom. The van der Waals surface area contributed by atoms with Crippen LogP contribution in [0, 0.1) is 5.82 Å². The van der Waals surface area contributed by atoms with Crippen molar-refractivity contribution in [2.45, 2.75) is 18.5 Å². The average Bonchev–Trinajstić information content (AvgIpc) is 3.04. The SMILES string of the molecule is Fc1ccccc1[C@@H]1C[C@H](c2ccc(Br)cc2)Nc2ncnn21. The van der Waals surface area contributed by atoms with Crippen molar-refractivity contribution in [1.82, 2.24) is 14.8 Å². The van der Waals surface area contributed by atoms with Gasteiger partial charge in [-0.3, -0.25) is 0 Å². The maximum absolute atomic E-state index is 14.3. The Morgan fingerprint density at radius 1 is 1.13 bits per heavy atom. The molecule has 0 aliphatic carbocycles. The lowest BCUT2D eigenvalue weighted by Crippen LogP contribution is -2.28. The lowest BCUT2D eigenvalue weighted by molar-refractivity contribution is 0.416. The van der Waals surface area contributed by atoms with Gasteiger partial charge >= 0.3 is 0 Å².